The third-order valence-corrected chi connectivity index (χ3v) is 2.11. The van der Waals surface area contributed by atoms with E-state index in [0.29, 0.717) is 17.5 Å². The van der Waals surface area contributed by atoms with Gasteiger partial charge in [0, 0.05) is 6.08 Å². The molecule has 84 valence electrons. The first kappa shape index (κ1) is 9.65. The van der Waals surface area contributed by atoms with E-state index in [1.165, 1.54) is 0 Å². The van der Waals surface area contributed by atoms with Crippen LogP contribution in [-0.4, -0.2) is 10.2 Å². The molecule has 0 fully saturated rings. The third-order valence-electron chi connectivity index (χ3n) is 2.11. The van der Waals surface area contributed by atoms with Gasteiger partial charge in [-0.3, -0.25) is 0 Å². The number of furan rings is 2. The van der Waals surface area contributed by atoms with Crippen molar-refractivity contribution in [3.63, 3.8) is 0 Å². The van der Waals surface area contributed by atoms with Gasteiger partial charge in [-0.05, 0) is 30.3 Å². The minimum atomic E-state index is 0.356. The standard InChI is InChI=1S/C12H8N2O3/c1-3-9(15-7-1)5-6-11-13-14-12(17-11)10-4-2-8-16-10/h1-8H/b6-5+. The molecule has 0 aromatic carbocycles. The molecule has 0 spiro atoms. The zero-order chi connectivity index (χ0) is 11.5. The number of nitrogens with zero attached hydrogens (tertiary/aromatic N) is 2. The maximum Gasteiger partial charge on any atom is 0.283 e. The molecule has 0 aliphatic rings. The highest BCUT2D eigenvalue weighted by molar-refractivity contribution is 5.63. The number of rotatable bonds is 3. The Morgan fingerprint density at radius 1 is 0.941 bits per heavy atom. The van der Waals surface area contributed by atoms with E-state index in [1.54, 1.807) is 36.8 Å². The van der Waals surface area contributed by atoms with E-state index in [0.717, 1.165) is 5.76 Å². The summed E-state index contributed by atoms with van der Waals surface area (Å²) in [7, 11) is 0. The Hall–Kier alpha value is -2.56. The maximum absolute atomic E-state index is 5.38. The predicted octanol–water partition coefficient (Wildman–Crippen LogP) is 3.09. The lowest BCUT2D eigenvalue weighted by Crippen LogP contribution is -1.72. The van der Waals surface area contributed by atoms with Crippen molar-refractivity contribution in [2.75, 3.05) is 0 Å². The molecule has 3 heterocycles. The van der Waals surface area contributed by atoms with Gasteiger partial charge in [-0.1, -0.05) is 0 Å². The Kier molecular flexibility index (Phi) is 2.34. The molecule has 0 unspecified atom stereocenters. The molecule has 3 aromatic rings. The van der Waals surface area contributed by atoms with Gasteiger partial charge in [0.2, 0.25) is 5.89 Å². The number of hydrogen-bond donors (Lipinski definition) is 0. The lowest BCUT2D eigenvalue weighted by molar-refractivity contribution is 0.510. The van der Waals surface area contributed by atoms with Crippen LogP contribution in [0.5, 0.6) is 0 Å². The molecule has 0 amide bonds. The van der Waals surface area contributed by atoms with Crippen LogP contribution in [0.3, 0.4) is 0 Å². The van der Waals surface area contributed by atoms with Crippen molar-refractivity contribution in [3.8, 4) is 11.7 Å². The normalized spacial score (nSPS) is 11.3. The molecular formula is C12H8N2O3. The van der Waals surface area contributed by atoms with Gasteiger partial charge in [0.25, 0.3) is 5.89 Å². The fourth-order valence-electron chi connectivity index (χ4n) is 1.34. The Morgan fingerprint density at radius 2 is 1.82 bits per heavy atom. The fraction of sp³-hybridized carbons (Fsp3) is 0. The number of hydrogen-bond acceptors (Lipinski definition) is 5. The second kappa shape index (κ2) is 4.13. The minimum absolute atomic E-state index is 0.356. The Labute approximate surface area is 96.4 Å². The highest BCUT2D eigenvalue weighted by atomic mass is 16.4. The second-order valence-electron chi connectivity index (χ2n) is 3.27. The van der Waals surface area contributed by atoms with Crippen molar-refractivity contribution in [1.29, 1.82) is 0 Å². The number of aromatic nitrogens is 2. The van der Waals surface area contributed by atoms with Gasteiger partial charge in [-0.25, -0.2) is 0 Å². The first-order valence-corrected chi connectivity index (χ1v) is 5.01. The Bertz CT molecular complexity index is 606. The molecule has 0 radical (unpaired) electrons. The van der Waals surface area contributed by atoms with Gasteiger partial charge in [0.1, 0.15) is 5.76 Å². The first-order chi connectivity index (χ1) is 8.42. The van der Waals surface area contributed by atoms with Crippen LogP contribution in [-0.2, 0) is 0 Å². The van der Waals surface area contributed by atoms with E-state index in [4.69, 9.17) is 13.3 Å². The summed E-state index contributed by atoms with van der Waals surface area (Å²) in [5, 5.41) is 7.73. The van der Waals surface area contributed by atoms with Crippen LogP contribution in [0.15, 0.2) is 50.0 Å². The molecule has 0 atom stereocenters. The summed E-state index contributed by atoms with van der Waals surface area (Å²) in [6.07, 6.45) is 6.58. The van der Waals surface area contributed by atoms with E-state index in [1.807, 2.05) is 12.1 Å². The van der Waals surface area contributed by atoms with Crippen LogP contribution in [0.1, 0.15) is 11.7 Å². The molecule has 0 N–H and O–H groups in total. The third kappa shape index (κ3) is 2.03. The van der Waals surface area contributed by atoms with Gasteiger partial charge in [0.05, 0.1) is 12.5 Å². The molecule has 0 saturated carbocycles. The Morgan fingerprint density at radius 3 is 2.59 bits per heavy atom. The van der Waals surface area contributed by atoms with Gasteiger partial charge in [-0.15, -0.1) is 10.2 Å². The second-order valence-corrected chi connectivity index (χ2v) is 3.27. The molecule has 5 nitrogen and oxygen atoms in total. The first-order valence-electron chi connectivity index (χ1n) is 5.01. The SMILES string of the molecule is C(=C\c1nnc(-c2ccco2)o1)/c1ccco1. The minimum Gasteiger partial charge on any atom is -0.465 e. The van der Waals surface area contributed by atoms with Crippen LogP contribution < -0.4 is 0 Å². The van der Waals surface area contributed by atoms with Crippen LogP contribution in [0.2, 0.25) is 0 Å². The summed E-state index contributed by atoms with van der Waals surface area (Å²) in [5.74, 6) is 2.03. The molecule has 0 aliphatic carbocycles. The monoisotopic (exact) mass is 228 g/mol. The zero-order valence-corrected chi connectivity index (χ0v) is 8.74. The molecule has 5 heteroatoms. The van der Waals surface area contributed by atoms with Crippen molar-refractivity contribution in [2.24, 2.45) is 0 Å². The van der Waals surface area contributed by atoms with E-state index in [2.05, 4.69) is 10.2 Å². The van der Waals surface area contributed by atoms with Gasteiger partial charge >= 0.3 is 0 Å². The largest absolute Gasteiger partial charge is 0.465 e. The quantitative estimate of drug-likeness (QED) is 0.689. The average Bonchev–Trinajstić information content (AvgIpc) is 3.09. The van der Waals surface area contributed by atoms with Crippen molar-refractivity contribution in [3.05, 3.63) is 48.4 Å². The molecule has 3 rings (SSSR count). The van der Waals surface area contributed by atoms with E-state index >= 15 is 0 Å². The molecule has 3 aromatic heterocycles. The van der Waals surface area contributed by atoms with Crippen LogP contribution in [0, 0.1) is 0 Å². The van der Waals surface area contributed by atoms with Crippen LogP contribution in [0.25, 0.3) is 23.8 Å². The maximum atomic E-state index is 5.38. The summed E-state index contributed by atoms with van der Waals surface area (Å²) in [6.45, 7) is 0. The van der Waals surface area contributed by atoms with Gasteiger partial charge < -0.3 is 13.3 Å². The summed E-state index contributed by atoms with van der Waals surface area (Å²) < 4.78 is 15.7. The van der Waals surface area contributed by atoms with Crippen molar-refractivity contribution < 1.29 is 13.3 Å². The fourth-order valence-corrected chi connectivity index (χ4v) is 1.34. The van der Waals surface area contributed by atoms with E-state index < -0.39 is 0 Å². The molecule has 0 aliphatic heterocycles. The smallest absolute Gasteiger partial charge is 0.283 e. The topological polar surface area (TPSA) is 65.2 Å². The zero-order valence-electron chi connectivity index (χ0n) is 8.74. The molecule has 17 heavy (non-hydrogen) atoms. The summed E-state index contributed by atoms with van der Waals surface area (Å²) in [6, 6.07) is 7.16. The van der Waals surface area contributed by atoms with Gasteiger partial charge in [-0.2, -0.15) is 0 Å². The molecule has 0 saturated heterocycles. The van der Waals surface area contributed by atoms with Crippen LogP contribution >= 0.6 is 0 Å². The average molecular weight is 228 g/mol. The summed E-state index contributed by atoms with van der Waals surface area (Å²) in [4.78, 5) is 0. The summed E-state index contributed by atoms with van der Waals surface area (Å²) >= 11 is 0. The highest BCUT2D eigenvalue weighted by Gasteiger charge is 2.08. The van der Waals surface area contributed by atoms with Crippen molar-refractivity contribution in [1.82, 2.24) is 10.2 Å². The van der Waals surface area contributed by atoms with E-state index in [9.17, 15) is 0 Å². The molecular weight excluding hydrogens is 220 g/mol. The van der Waals surface area contributed by atoms with Gasteiger partial charge in [0.15, 0.2) is 5.76 Å². The van der Waals surface area contributed by atoms with Crippen molar-refractivity contribution >= 4 is 12.2 Å². The van der Waals surface area contributed by atoms with E-state index in [-0.39, 0.29) is 0 Å². The Balaban J connectivity index is 1.82. The highest BCUT2D eigenvalue weighted by Crippen LogP contribution is 2.18. The van der Waals surface area contributed by atoms with Crippen LogP contribution in [0.4, 0.5) is 0 Å². The lowest BCUT2D eigenvalue weighted by Gasteiger charge is -1.84. The van der Waals surface area contributed by atoms with Crippen molar-refractivity contribution in [2.45, 2.75) is 0 Å². The summed E-state index contributed by atoms with van der Waals surface area (Å²) in [5.41, 5.74) is 0. The lowest BCUT2D eigenvalue weighted by atomic mass is 10.4. The predicted molar refractivity (Wildman–Crippen MR) is 59.6 cm³/mol. The molecule has 0 bridgehead atoms.